The Labute approximate surface area is 190 Å². The zero-order valence-corrected chi connectivity index (χ0v) is 18.6. The third-order valence-corrected chi connectivity index (χ3v) is 5.50. The average molecular weight is 484 g/mol. The number of thiazole rings is 1. The fourth-order valence-corrected chi connectivity index (χ4v) is 3.42. The van der Waals surface area contributed by atoms with Gasteiger partial charge in [-0.2, -0.15) is 13.2 Å². The first-order valence-electron chi connectivity index (χ1n) is 9.73. The van der Waals surface area contributed by atoms with E-state index in [1.54, 1.807) is 20.0 Å². The molecule has 176 valence electrons. The summed E-state index contributed by atoms with van der Waals surface area (Å²) in [5.74, 6) is -2.81. The number of ether oxygens (including phenoxy) is 1. The Morgan fingerprint density at radius 1 is 1.18 bits per heavy atom. The number of benzene rings is 1. The number of aromatic nitrogens is 3. The number of alkyl halides is 3. The van der Waals surface area contributed by atoms with E-state index in [0.717, 1.165) is 17.3 Å². The van der Waals surface area contributed by atoms with Crippen LogP contribution in [0.1, 0.15) is 40.5 Å². The molecule has 0 fully saturated rings. The molecule has 1 amide bonds. The second-order valence-corrected chi connectivity index (χ2v) is 8.50. The summed E-state index contributed by atoms with van der Waals surface area (Å²) >= 11 is 1.23. The standard InChI is InChI=1S/C21H20F4N4O3S/c1-10-6-27-19(33-10)16-5-14(32-12(3)11(2)30)4-15(17(16)22)18(31)26-7-13-8-28-20(29-9-13)21(23,24)25/h4-6,8-9,11-12,30H,7H2,1-3H3,(H,26,31). The Hall–Kier alpha value is -3.12. The second-order valence-electron chi connectivity index (χ2n) is 7.27. The quantitative estimate of drug-likeness (QED) is 0.489. The Morgan fingerprint density at radius 3 is 2.39 bits per heavy atom. The van der Waals surface area contributed by atoms with Crippen LogP contribution in [0.15, 0.2) is 30.7 Å². The van der Waals surface area contributed by atoms with Gasteiger partial charge in [0.15, 0.2) is 0 Å². The Bertz CT molecular complexity index is 1130. The lowest BCUT2D eigenvalue weighted by Crippen LogP contribution is -2.27. The van der Waals surface area contributed by atoms with Crippen LogP contribution in [0.3, 0.4) is 0 Å². The van der Waals surface area contributed by atoms with Gasteiger partial charge in [-0.15, -0.1) is 11.3 Å². The van der Waals surface area contributed by atoms with Crippen LogP contribution in [0.4, 0.5) is 17.6 Å². The van der Waals surface area contributed by atoms with Gasteiger partial charge in [-0.3, -0.25) is 4.79 Å². The molecule has 0 aliphatic rings. The van der Waals surface area contributed by atoms with Crippen molar-refractivity contribution >= 4 is 17.2 Å². The Morgan fingerprint density at radius 2 is 1.85 bits per heavy atom. The molecule has 2 heterocycles. The minimum atomic E-state index is -4.68. The number of carbonyl (C=O) groups excluding carboxylic acids is 1. The molecule has 0 bridgehead atoms. The number of nitrogens with zero attached hydrogens (tertiary/aromatic N) is 3. The van der Waals surface area contributed by atoms with Crippen molar-refractivity contribution in [1.82, 2.24) is 20.3 Å². The molecule has 0 radical (unpaired) electrons. The zero-order valence-electron chi connectivity index (χ0n) is 17.8. The fourth-order valence-electron chi connectivity index (χ4n) is 2.65. The van der Waals surface area contributed by atoms with E-state index in [1.165, 1.54) is 30.4 Å². The van der Waals surface area contributed by atoms with Crippen LogP contribution in [0.5, 0.6) is 5.75 Å². The number of nitrogens with one attached hydrogen (secondary N) is 1. The van der Waals surface area contributed by atoms with E-state index in [-0.39, 0.29) is 29.0 Å². The lowest BCUT2D eigenvalue weighted by atomic mass is 10.1. The predicted octanol–water partition coefficient (Wildman–Crippen LogP) is 4.14. The number of aliphatic hydroxyl groups is 1. The fraction of sp³-hybridized carbons (Fsp3) is 0.333. The molecule has 0 saturated carbocycles. The average Bonchev–Trinajstić information content (AvgIpc) is 3.18. The van der Waals surface area contributed by atoms with Crippen molar-refractivity contribution in [3.05, 3.63) is 58.4 Å². The van der Waals surface area contributed by atoms with E-state index in [0.29, 0.717) is 5.01 Å². The molecule has 2 unspecified atom stereocenters. The molecular weight excluding hydrogens is 464 g/mol. The molecule has 3 aromatic rings. The molecule has 2 atom stereocenters. The van der Waals surface area contributed by atoms with Crippen molar-refractivity contribution in [3.8, 4) is 16.3 Å². The van der Waals surface area contributed by atoms with E-state index in [1.807, 2.05) is 0 Å². The molecule has 1 aromatic carbocycles. The molecule has 3 rings (SSSR count). The molecule has 0 aliphatic carbocycles. The first-order chi connectivity index (χ1) is 15.5. The van der Waals surface area contributed by atoms with Crippen molar-refractivity contribution in [2.75, 3.05) is 0 Å². The number of amides is 1. The van der Waals surface area contributed by atoms with Crippen molar-refractivity contribution in [1.29, 1.82) is 0 Å². The van der Waals surface area contributed by atoms with Gasteiger partial charge in [-0.1, -0.05) is 0 Å². The maximum Gasteiger partial charge on any atom is 0.451 e. The summed E-state index contributed by atoms with van der Waals surface area (Å²) in [7, 11) is 0. The molecule has 2 aromatic heterocycles. The predicted molar refractivity (Wildman–Crippen MR) is 112 cm³/mol. The molecule has 2 N–H and O–H groups in total. The summed E-state index contributed by atoms with van der Waals surface area (Å²) in [5.41, 5.74) is -0.102. The molecule has 7 nitrogen and oxygen atoms in total. The summed E-state index contributed by atoms with van der Waals surface area (Å²) in [6, 6.07) is 2.59. The van der Waals surface area contributed by atoms with E-state index in [4.69, 9.17) is 4.74 Å². The Kier molecular flexibility index (Phi) is 7.28. The Balaban J connectivity index is 1.87. The van der Waals surface area contributed by atoms with E-state index in [9.17, 15) is 23.1 Å². The SMILES string of the molecule is Cc1cnc(-c2cc(OC(C)C(C)O)cc(C(=O)NCc3cnc(C(F)(F)F)nc3)c2F)s1. The van der Waals surface area contributed by atoms with Crippen molar-refractivity contribution < 1.29 is 32.2 Å². The number of carbonyl (C=O) groups is 1. The molecule has 0 spiro atoms. The van der Waals surface area contributed by atoms with Crippen LogP contribution >= 0.6 is 11.3 Å². The first-order valence-corrected chi connectivity index (χ1v) is 10.5. The second kappa shape index (κ2) is 9.79. The molecular formula is C21H20F4N4O3S. The van der Waals surface area contributed by atoms with Crippen molar-refractivity contribution in [2.45, 2.75) is 45.7 Å². The zero-order chi connectivity index (χ0) is 24.3. The van der Waals surface area contributed by atoms with Crippen molar-refractivity contribution in [2.24, 2.45) is 0 Å². The highest BCUT2D eigenvalue weighted by molar-refractivity contribution is 7.14. The maximum absolute atomic E-state index is 15.3. The number of aliphatic hydroxyl groups excluding tert-OH is 1. The topological polar surface area (TPSA) is 97.2 Å². The molecule has 12 heteroatoms. The van der Waals surface area contributed by atoms with Crippen LogP contribution in [0.2, 0.25) is 0 Å². The van der Waals surface area contributed by atoms with Crippen molar-refractivity contribution in [3.63, 3.8) is 0 Å². The lowest BCUT2D eigenvalue weighted by molar-refractivity contribution is -0.145. The van der Waals surface area contributed by atoms with Gasteiger partial charge in [0.1, 0.15) is 22.7 Å². The first kappa shape index (κ1) is 24.5. The highest BCUT2D eigenvalue weighted by atomic mass is 32.1. The maximum atomic E-state index is 15.3. The van der Waals surface area contributed by atoms with E-state index < -0.39 is 35.9 Å². The summed E-state index contributed by atoms with van der Waals surface area (Å²) in [4.78, 5) is 24.2. The molecule has 0 saturated heterocycles. The summed E-state index contributed by atoms with van der Waals surface area (Å²) in [6.07, 6.45) is -2.71. The van der Waals surface area contributed by atoms with Gasteiger partial charge in [-0.25, -0.2) is 19.3 Å². The van der Waals surface area contributed by atoms with E-state index in [2.05, 4.69) is 20.3 Å². The minimum Gasteiger partial charge on any atom is -0.488 e. The number of rotatable bonds is 7. The van der Waals surface area contributed by atoms with Crippen LogP contribution < -0.4 is 10.1 Å². The van der Waals surface area contributed by atoms with Gasteiger partial charge in [0.05, 0.1) is 17.2 Å². The number of halogens is 4. The van der Waals surface area contributed by atoms with Gasteiger partial charge in [0, 0.05) is 35.6 Å². The normalized spacial score (nSPS) is 13.5. The van der Waals surface area contributed by atoms with Crippen LogP contribution in [0, 0.1) is 12.7 Å². The smallest absolute Gasteiger partial charge is 0.451 e. The van der Waals surface area contributed by atoms with E-state index >= 15 is 4.39 Å². The minimum absolute atomic E-state index is 0.0476. The van der Waals surface area contributed by atoms with Gasteiger partial charge in [0.2, 0.25) is 5.82 Å². The monoisotopic (exact) mass is 484 g/mol. The lowest BCUT2D eigenvalue weighted by Gasteiger charge is -2.19. The van der Waals surface area contributed by atoms with Crippen LogP contribution in [-0.2, 0) is 12.7 Å². The summed E-state index contributed by atoms with van der Waals surface area (Å²) in [5, 5.41) is 12.5. The van der Waals surface area contributed by atoms with Crippen LogP contribution in [0.25, 0.3) is 10.6 Å². The molecule has 0 aliphatic heterocycles. The largest absolute Gasteiger partial charge is 0.488 e. The van der Waals surface area contributed by atoms with Gasteiger partial charge in [-0.05, 0) is 32.9 Å². The van der Waals surface area contributed by atoms with Gasteiger partial charge >= 0.3 is 6.18 Å². The third kappa shape index (κ3) is 6.02. The number of hydrogen-bond acceptors (Lipinski definition) is 7. The highest BCUT2D eigenvalue weighted by Crippen LogP contribution is 2.33. The molecule has 33 heavy (non-hydrogen) atoms. The number of hydrogen-bond donors (Lipinski definition) is 2. The van der Waals surface area contributed by atoms with Crippen LogP contribution in [-0.4, -0.2) is 38.2 Å². The summed E-state index contributed by atoms with van der Waals surface area (Å²) in [6.45, 7) is 4.72. The third-order valence-electron chi connectivity index (χ3n) is 4.56. The number of aryl methyl sites for hydroxylation is 1. The highest BCUT2D eigenvalue weighted by Gasteiger charge is 2.34. The van der Waals surface area contributed by atoms with Gasteiger partial charge in [0.25, 0.3) is 5.91 Å². The summed E-state index contributed by atoms with van der Waals surface area (Å²) < 4.78 is 58.7. The van der Waals surface area contributed by atoms with Gasteiger partial charge < -0.3 is 15.2 Å².